The molecule has 1 saturated heterocycles. The first-order valence-corrected chi connectivity index (χ1v) is 10.8. The van der Waals surface area contributed by atoms with Gasteiger partial charge in [-0.1, -0.05) is 46.3 Å². The predicted octanol–water partition coefficient (Wildman–Crippen LogP) is 4.40. The van der Waals surface area contributed by atoms with E-state index in [2.05, 4.69) is 75.2 Å². The van der Waals surface area contributed by atoms with Crippen LogP contribution in [0.1, 0.15) is 5.56 Å². The minimum absolute atomic E-state index is 0.188. The number of para-hydroxylation sites is 1. The van der Waals surface area contributed by atoms with Crippen molar-refractivity contribution in [2.75, 3.05) is 32.1 Å². The average molecular weight is 445 g/mol. The van der Waals surface area contributed by atoms with Crippen LogP contribution in [0.15, 0.2) is 64.1 Å². The second kappa shape index (κ2) is 8.50. The van der Waals surface area contributed by atoms with E-state index in [9.17, 15) is 4.79 Å². The first-order chi connectivity index (χ1) is 13.2. The second-order valence-electron chi connectivity index (χ2n) is 6.55. The molecule has 0 unspecified atom stereocenters. The van der Waals surface area contributed by atoms with Crippen molar-refractivity contribution in [3.63, 3.8) is 0 Å². The smallest absolute Gasteiger partial charge is 0.233 e. The van der Waals surface area contributed by atoms with Gasteiger partial charge in [0.15, 0.2) is 0 Å². The Bertz CT molecular complexity index is 933. The fourth-order valence-corrected chi connectivity index (χ4v) is 4.54. The molecule has 0 radical (unpaired) electrons. The molecule has 0 aliphatic carbocycles. The molecule has 1 aromatic heterocycles. The number of benzene rings is 2. The minimum atomic E-state index is 0.188. The van der Waals surface area contributed by atoms with Crippen LogP contribution in [0.5, 0.6) is 0 Å². The van der Waals surface area contributed by atoms with Gasteiger partial charge in [-0.15, -0.1) is 11.8 Å². The van der Waals surface area contributed by atoms with Gasteiger partial charge in [0, 0.05) is 46.1 Å². The van der Waals surface area contributed by atoms with Gasteiger partial charge in [-0.3, -0.25) is 4.79 Å². The van der Waals surface area contributed by atoms with E-state index < -0.39 is 0 Å². The Morgan fingerprint density at radius 1 is 1.07 bits per heavy atom. The number of ether oxygens (including phenoxy) is 1. The normalized spacial score (nSPS) is 14.6. The highest BCUT2D eigenvalue weighted by atomic mass is 79.9. The van der Waals surface area contributed by atoms with Crippen molar-refractivity contribution in [2.45, 2.75) is 11.4 Å². The van der Waals surface area contributed by atoms with Crippen LogP contribution < -0.4 is 0 Å². The molecule has 0 bridgehead atoms. The van der Waals surface area contributed by atoms with Gasteiger partial charge in [-0.05, 0) is 23.8 Å². The molecule has 1 fully saturated rings. The van der Waals surface area contributed by atoms with Crippen molar-refractivity contribution in [2.24, 2.45) is 0 Å². The number of hydrogen-bond donors (Lipinski definition) is 0. The highest BCUT2D eigenvalue weighted by Crippen LogP contribution is 2.31. The van der Waals surface area contributed by atoms with Gasteiger partial charge < -0.3 is 14.2 Å². The lowest BCUT2D eigenvalue weighted by Crippen LogP contribution is -2.41. The molecule has 0 atom stereocenters. The zero-order valence-corrected chi connectivity index (χ0v) is 17.3. The van der Waals surface area contributed by atoms with Gasteiger partial charge in [0.05, 0.1) is 19.0 Å². The number of amides is 1. The third kappa shape index (κ3) is 4.39. The number of carbonyl (C=O) groups excluding carboxylic acids is 1. The Morgan fingerprint density at radius 2 is 1.81 bits per heavy atom. The fourth-order valence-electron chi connectivity index (χ4n) is 3.29. The SMILES string of the molecule is O=C(CSc1cn(Cc2ccc(Br)cc2)c2ccccc12)N1CCOCC1. The highest BCUT2D eigenvalue weighted by molar-refractivity contribution is 9.10. The molecule has 4 rings (SSSR count). The third-order valence-electron chi connectivity index (χ3n) is 4.73. The van der Waals surface area contributed by atoms with Crippen LogP contribution >= 0.6 is 27.7 Å². The van der Waals surface area contributed by atoms with Gasteiger partial charge in [-0.25, -0.2) is 0 Å². The summed E-state index contributed by atoms with van der Waals surface area (Å²) in [5, 5.41) is 1.20. The molecule has 27 heavy (non-hydrogen) atoms. The van der Waals surface area contributed by atoms with Crippen LogP contribution in [-0.4, -0.2) is 47.4 Å². The lowest BCUT2D eigenvalue weighted by atomic mass is 10.2. The van der Waals surface area contributed by atoms with Crippen molar-refractivity contribution < 1.29 is 9.53 Å². The van der Waals surface area contributed by atoms with E-state index >= 15 is 0 Å². The number of morpholine rings is 1. The summed E-state index contributed by atoms with van der Waals surface area (Å²) in [7, 11) is 0. The largest absolute Gasteiger partial charge is 0.378 e. The molecule has 1 amide bonds. The van der Waals surface area contributed by atoms with Crippen LogP contribution in [0.25, 0.3) is 10.9 Å². The molecule has 6 heteroatoms. The minimum Gasteiger partial charge on any atom is -0.378 e. The van der Waals surface area contributed by atoms with Gasteiger partial charge in [-0.2, -0.15) is 0 Å². The second-order valence-corrected chi connectivity index (χ2v) is 8.48. The molecular formula is C21H21BrN2O2S. The fraction of sp³-hybridized carbons (Fsp3) is 0.286. The number of thioether (sulfide) groups is 1. The average Bonchev–Trinajstić information content (AvgIpc) is 3.06. The number of halogens is 1. The number of hydrogen-bond acceptors (Lipinski definition) is 3. The van der Waals surface area contributed by atoms with Crippen molar-refractivity contribution in [3.8, 4) is 0 Å². The molecule has 2 heterocycles. The topological polar surface area (TPSA) is 34.5 Å². The van der Waals surface area contributed by atoms with E-state index in [0.29, 0.717) is 32.1 Å². The number of fused-ring (bicyclic) bond motifs is 1. The van der Waals surface area contributed by atoms with E-state index in [1.807, 2.05) is 4.90 Å². The zero-order valence-electron chi connectivity index (χ0n) is 14.9. The summed E-state index contributed by atoms with van der Waals surface area (Å²) in [6, 6.07) is 16.8. The summed E-state index contributed by atoms with van der Waals surface area (Å²) in [5.41, 5.74) is 2.45. The summed E-state index contributed by atoms with van der Waals surface area (Å²) < 4.78 is 8.68. The van der Waals surface area contributed by atoms with Crippen LogP contribution in [0.3, 0.4) is 0 Å². The molecule has 3 aromatic rings. The Morgan fingerprint density at radius 3 is 2.59 bits per heavy atom. The number of carbonyl (C=O) groups is 1. The quantitative estimate of drug-likeness (QED) is 0.546. The first-order valence-electron chi connectivity index (χ1n) is 9.01. The zero-order chi connectivity index (χ0) is 18.6. The van der Waals surface area contributed by atoms with Crippen LogP contribution in [-0.2, 0) is 16.1 Å². The summed E-state index contributed by atoms with van der Waals surface area (Å²) in [4.78, 5) is 15.5. The molecule has 2 aromatic carbocycles. The van der Waals surface area contributed by atoms with Crippen LogP contribution in [0, 0.1) is 0 Å². The van der Waals surface area contributed by atoms with E-state index in [4.69, 9.17) is 4.74 Å². The molecule has 1 aliphatic rings. The van der Waals surface area contributed by atoms with Crippen LogP contribution in [0.2, 0.25) is 0 Å². The van der Waals surface area contributed by atoms with Crippen molar-refractivity contribution >= 4 is 44.5 Å². The molecule has 4 nitrogen and oxygen atoms in total. The van der Waals surface area contributed by atoms with E-state index in [1.54, 1.807) is 11.8 Å². The van der Waals surface area contributed by atoms with Crippen molar-refractivity contribution in [3.05, 3.63) is 64.8 Å². The summed E-state index contributed by atoms with van der Waals surface area (Å²) in [6.45, 7) is 3.49. The number of nitrogens with zero attached hydrogens (tertiary/aromatic N) is 2. The summed E-state index contributed by atoms with van der Waals surface area (Å²) in [6.07, 6.45) is 2.17. The van der Waals surface area contributed by atoms with Crippen LogP contribution in [0.4, 0.5) is 0 Å². The summed E-state index contributed by atoms with van der Waals surface area (Å²) >= 11 is 5.11. The highest BCUT2D eigenvalue weighted by Gasteiger charge is 2.18. The molecule has 0 saturated carbocycles. The van der Waals surface area contributed by atoms with Gasteiger partial charge in [0.25, 0.3) is 0 Å². The molecule has 0 spiro atoms. The Hall–Kier alpha value is -1.76. The van der Waals surface area contributed by atoms with Crippen molar-refractivity contribution in [1.82, 2.24) is 9.47 Å². The summed E-state index contributed by atoms with van der Waals surface area (Å²) in [5.74, 6) is 0.653. The Kier molecular flexibility index (Phi) is 5.86. The van der Waals surface area contributed by atoms with E-state index in [0.717, 1.165) is 15.9 Å². The maximum absolute atomic E-state index is 12.5. The maximum Gasteiger partial charge on any atom is 0.233 e. The van der Waals surface area contributed by atoms with Crippen molar-refractivity contribution in [1.29, 1.82) is 0 Å². The Labute approximate surface area is 171 Å². The predicted molar refractivity (Wildman–Crippen MR) is 113 cm³/mol. The number of rotatable bonds is 5. The Balaban J connectivity index is 1.52. The molecule has 140 valence electrons. The standard InChI is InChI=1S/C21H21BrN2O2S/c22-17-7-5-16(6-8-17)13-24-14-20(18-3-1-2-4-19(18)24)27-15-21(25)23-9-11-26-12-10-23/h1-8,14H,9-13,15H2. The van der Waals surface area contributed by atoms with Gasteiger partial charge in [0.2, 0.25) is 5.91 Å². The lowest BCUT2D eigenvalue weighted by molar-refractivity contribution is -0.132. The maximum atomic E-state index is 12.5. The van der Waals surface area contributed by atoms with Gasteiger partial charge in [0.1, 0.15) is 0 Å². The molecule has 1 aliphatic heterocycles. The van der Waals surface area contributed by atoms with E-state index in [-0.39, 0.29) is 5.91 Å². The monoisotopic (exact) mass is 444 g/mol. The molecule has 0 N–H and O–H groups in total. The molecular weight excluding hydrogens is 424 g/mol. The third-order valence-corrected chi connectivity index (χ3v) is 6.29. The van der Waals surface area contributed by atoms with Gasteiger partial charge >= 0.3 is 0 Å². The first kappa shape index (κ1) is 18.6. The van der Waals surface area contributed by atoms with E-state index in [1.165, 1.54) is 16.5 Å². The number of aromatic nitrogens is 1. The lowest BCUT2D eigenvalue weighted by Gasteiger charge is -2.26.